The van der Waals surface area contributed by atoms with Gasteiger partial charge in [0.2, 0.25) is 0 Å². The minimum atomic E-state index is 0. The van der Waals surface area contributed by atoms with Crippen molar-refractivity contribution in [2.45, 2.75) is 38.6 Å². The highest BCUT2D eigenvalue weighted by molar-refractivity contribution is 5.86. The summed E-state index contributed by atoms with van der Waals surface area (Å²) in [5, 5.41) is 15.4. The van der Waals surface area contributed by atoms with Gasteiger partial charge in [0.05, 0.1) is 0 Å². The van der Waals surface area contributed by atoms with Gasteiger partial charge in [-0.3, -0.25) is 4.90 Å². The Labute approximate surface area is 163 Å². The second-order valence-electron chi connectivity index (χ2n) is 6.59. The number of piperazine rings is 1. The van der Waals surface area contributed by atoms with Crippen LogP contribution in [-0.4, -0.2) is 36.2 Å². The molecule has 0 saturated carbocycles. The molecule has 0 unspecified atom stereocenters. The van der Waals surface area contributed by atoms with Gasteiger partial charge in [0, 0.05) is 32.2 Å². The van der Waals surface area contributed by atoms with E-state index in [0.29, 0.717) is 11.8 Å². The SMILES string of the molecule is CCCCC[C@H](c1ccc2cc(O)ccc2c1)N1CCNCC1.Cl.Cl. The predicted molar refractivity (Wildman–Crippen MR) is 111 cm³/mol. The molecule has 3 nitrogen and oxygen atoms in total. The molecule has 1 fully saturated rings. The van der Waals surface area contributed by atoms with Crippen LogP contribution in [0.15, 0.2) is 36.4 Å². The molecule has 0 radical (unpaired) electrons. The van der Waals surface area contributed by atoms with Gasteiger partial charge in [-0.25, -0.2) is 0 Å². The standard InChI is InChI=1S/C20H28N2O.2ClH/c1-2-3-4-5-20(22-12-10-21-11-13-22)18-7-6-17-15-19(23)9-8-16(17)14-18;;/h6-9,14-15,20-21,23H,2-5,10-13H2,1H3;2*1H/t20-;;/m1../s1. The van der Waals surface area contributed by atoms with Crippen LogP contribution < -0.4 is 5.32 Å². The van der Waals surface area contributed by atoms with Gasteiger partial charge >= 0.3 is 0 Å². The Hall–Kier alpha value is -1.000. The normalized spacial score (nSPS) is 16.0. The summed E-state index contributed by atoms with van der Waals surface area (Å²) in [6.07, 6.45) is 5.10. The molecule has 1 aliphatic rings. The van der Waals surface area contributed by atoms with Crippen molar-refractivity contribution in [1.29, 1.82) is 0 Å². The lowest BCUT2D eigenvalue weighted by Crippen LogP contribution is -2.45. The molecule has 2 aromatic carbocycles. The van der Waals surface area contributed by atoms with E-state index >= 15 is 0 Å². The van der Waals surface area contributed by atoms with E-state index in [0.717, 1.165) is 31.6 Å². The molecule has 5 heteroatoms. The Bertz CT molecular complexity index is 645. The topological polar surface area (TPSA) is 35.5 Å². The van der Waals surface area contributed by atoms with Crippen molar-refractivity contribution in [1.82, 2.24) is 10.2 Å². The molecule has 0 spiro atoms. The summed E-state index contributed by atoms with van der Waals surface area (Å²) in [5.41, 5.74) is 1.42. The molecular weight excluding hydrogens is 355 g/mol. The zero-order chi connectivity index (χ0) is 16.1. The van der Waals surface area contributed by atoms with Crippen molar-refractivity contribution in [3.63, 3.8) is 0 Å². The molecule has 140 valence electrons. The molecule has 2 N–H and O–H groups in total. The summed E-state index contributed by atoms with van der Waals surface area (Å²) in [6, 6.07) is 12.9. The second-order valence-corrected chi connectivity index (χ2v) is 6.59. The fourth-order valence-electron chi connectivity index (χ4n) is 3.60. The predicted octanol–water partition coefficient (Wildman–Crippen LogP) is 4.92. The summed E-state index contributed by atoms with van der Waals surface area (Å²) < 4.78 is 0. The van der Waals surface area contributed by atoms with Gasteiger partial charge in [0.15, 0.2) is 0 Å². The van der Waals surface area contributed by atoms with Gasteiger partial charge in [-0.2, -0.15) is 0 Å². The molecule has 1 aliphatic heterocycles. The maximum absolute atomic E-state index is 9.64. The molecule has 3 rings (SSSR count). The van der Waals surface area contributed by atoms with Crippen LogP contribution in [0.1, 0.15) is 44.2 Å². The zero-order valence-electron chi connectivity index (χ0n) is 14.9. The van der Waals surface area contributed by atoms with E-state index in [4.69, 9.17) is 0 Å². The van der Waals surface area contributed by atoms with E-state index in [9.17, 15) is 5.11 Å². The Kier molecular flexibility index (Phi) is 9.58. The first-order valence-electron chi connectivity index (χ1n) is 8.95. The highest BCUT2D eigenvalue weighted by atomic mass is 35.5. The lowest BCUT2D eigenvalue weighted by molar-refractivity contribution is 0.163. The molecule has 1 saturated heterocycles. The fourth-order valence-corrected chi connectivity index (χ4v) is 3.60. The number of rotatable bonds is 6. The van der Waals surface area contributed by atoms with Crippen molar-refractivity contribution in [3.8, 4) is 5.75 Å². The van der Waals surface area contributed by atoms with Crippen molar-refractivity contribution < 1.29 is 5.11 Å². The molecule has 25 heavy (non-hydrogen) atoms. The van der Waals surface area contributed by atoms with Crippen molar-refractivity contribution in [3.05, 3.63) is 42.0 Å². The number of fused-ring (bicyclic) bond motifs is 1. The molecule has 1 heterocycles. The van der Waals surface area contributed by atoms with Crippen LogP contribution in [0.3, 0.4) is 0 Å². The molecular formula is C20H30Cl2N2O. The Morgan fingerprint density at radius 3 is 2.40 bits per heavy atom. The van der Waals surface area contributed by atoms with E-state index in [1.807, 2.05) is 12.1 Å². The second kappa shape index (κ2) is 10.9. The lowest BCUT2D eigenvalue weighted by atomic mass is 9.95. The van der Waals surface area contributed by atoms with Crippen LogP contribution in [0.5, 0.6) is 5.75 Å². The van der Waals surface area contributed by atoms with Crippen molar-refractivity contribution in [2.24, 2.45) is 0 Å². The molecule has 0 amide bonds. The number of halogens is 2. The number of unbranched alkanes of at least 4 members (excludes halogenated alkanes) is 2. The van der Waals surface area contributed by atoms with Crippen LogP contribution in [0.4, 0.5) is 0 Å². The summed E-state index contributed by atoms with van der Waals surface area (Å²) in [5.74, 6) is 0.340. The summed E-state index contributed by atoms with van der Waals surface area (Å²) >= 11 is 0. The summed E-state index contributed by atoms with van der Waals surface area (Å²) in [6.45, 7) is 6.70. The third-order valence-electron chi connectivity index (χ3n) is 4.91. The molecule has 0 aliphatic carbocycles. The highest BCUT2D eigenvalue weighted by Crippen LogP contribution is 2.30. The third kappa shape index (κ3) is 5.75. The summed E-state index contributed by atoms with van der Waals surface area (Å²) in [7, 11) is 0. The lowest BCUT2D eigenvalue weighted by Gasteiger charge is -2.35. The Morgan fingerprint density at radius 1 is 1.00 bits per heavy atom. The van der Waals surface area contributed by atoms with Gasteiger partial charge in [0.25, 0.3) is 0 Å². The van der Waals surface area contributed by atoms with Gasteiger partial charge in [-0.05, 0) is 41.0 Å². The minimum absolute atomic E-state index is 0. The van der Waals surface area contributed by atoms with E-state index in [1.54, 1.807) is 6.07 Å². The monoisotopic (exact) mass is 384 g/mol. The van der Waals surface area contributed by atoms with Crippen LogP contribution >= 0.6 is 24.8 Å². The van der Waals surface area contributed by atoms with E-state index in [-0.39, 0.29) is 24.8 Å². The first kappa shape index (κ1) is 22.0. The van der Waals surface area contributed by atoms with Gasteiger partial charge in [-0.15, -0.1) is 24.8 Å². The van der Waals surface area contributed by atoms with Gasteiger partial charge in [-0.1, -0.05) is 44.4 Å². The van der Waals surface area contributed by atoms with E-state index in [2.05, 4.69) is 35.3 Å². The molecule has 2 aromatic rings. The van der Waals surface area contributed by atoms with Crippen LogP contribution in [-0.2, 0) is 0 Å². The molecule has 0 aromatic heterocycles. The van der Waals surface area contributed by atoms with Gasteiger partial charge < -0.3 is 10.4 Å². The first-order valence-corrected chi connectivity index (χ1v) is 8.95. The number of phenolic OH excluding ortho intramolecular Hbond substituents is 1. The quantitative estimate of drug-likeness (QED) is 0.693. The Morgan fingerprint density at radius 2 is 1.68 bits per heavy atom. The Balaban J connectivity index is 0.00000156. The van der Waals surface area contributed by atoms with E-state index < -0.39 is 0 Å². The van der Waals surface area contributed by atoms with Crippen LogP contribution in [0, 0.1) is 0 Å². The van der Waals surface area contributed by atoms with Gasteiger partial charge in [0.1, 0.15) is 5.75 Å². The molecule has 1 atom stereocenters. The minimum Gasteiger partial charge on any atom is -0.508 e. The number of nitrogens with zero attached hydrogens (tertiary/aromatic N) is 1. The van der Waals surface area contributed by atoms with Crippen LogP contribution in [0.2, 0.25) is 0 Å². The number of aromatic hydroxyl groups is 1. The number of phenols is 1. The zero-order valence-corrected chi connectivity index (χ0v) is 16.5. The number of benzene rings is 2. The van der Waals surface area contributed by atoms with Crippen molar-refractivity contribution >= 4 is 35.6 Å². The summed E-state index contributed by atoms with van der Waals surface area (Å²) in [4.78, 5) is 2.63. The first-order chi connectivity index (χ1) is 11.3. The number of hydrogen-bond acceptors (Lipinski definition) is 3. The van der Waals surface area contributed by atoms with E-state index in [1.165, 1.54) is 36.6 Å². The number of nitrogens with one attached hydrogen (secondary N) is 1. The maximum atomic E-state index is 9.64. The van der Waals surface area contributed by atoms with Crippen LogP contribution in [0.25, 0.3) is 10.8 Å². The largest absolute Gasteiger partial charge is 0.508 e. The smallest absolute Gasteiger partial charge is 0.116 e. The number of hydrogen-bond donors (Lipinski definition) is 2. The average Bonchev–Trinajstić information content (AvgIpc) is 2.59. The molecule has 0 bridgehead atoms. The average molecular weight is 385 g/mol. The maximum Gasteiger partial charge on any atom is 0.116 e. The third-order valence-corrected chi connectivity index (χ3v) is 4.91. The fraction of sp³-hybridized carbons (Fsp3) is 0.500. The van der Waals surface area contributed by atoms with Crippen molar-refractivity contribution in [2.75, 3.05) is 26.2 Å². The highest BCUT2D eigenvalue weighted by Gasteiger charge is 2.21.